The molecule has 2 atom stereocenters. The van der Waals surface area contributed by atoms with Crippen LogP contribution in [0, 0.1) is 5.92 Å². The van der Waals surface area contributed by atoms with Gasteiger partial charge in [0.1, 0.15) is 0 Å². The highest BCUT2D eigenvalue weighted by atomic mass is 35.5. The minimum Gasteiger partial charge on any atom is -0.327 e. The molecule has 1 aliphatic carbocycles. The second-order valence-electron chi connectivity index (χ2n) is 6.58. The monoisotopic (exact) mass is 359 g/mol. The number of amides is 1. The molecule has 0 radical (unpaired) electrons. The van der Waals surface area contributed by atoms with Crippen molar-refractivity contribution in [1.29, 1.82) is 0 Å². The van der Waals surface area contributed by atoms with Crippen LogP contribution in [-0.4, -0.2) is 16.5 Å². The molecule has 0 bridgehead atoms. The van der Waals surface area contributed by atoms with E-state index in [1.807, 2.05) is 18.2 Å². The van der Waals surface area contributed by atoms with Gasteiger partial charge in [-0.1, -0.05) is 36.2 Å². The molecule has 3 rings (SSSR count). The Morgan fingerprint density at radius 2 is 2.04 bits per heavy atom. The van der Waals surface area contributed by atoms with Gasteiger partial charge in [-0.3, -0.25) is 9.59 Å². The highest BCUT2D eigenvalue weighted by Gasteiger charge is 2.26. The summed E-state index contributed by atoms with van der Waals surface area (Å²) in [5, 5.41) is 3.48. The number of carbonyl (C=O) groups is 1. The van der Waals surface area contributed by atoms with E-state index in [2.05, 4.69) is 5.32 Å². The summed E-state index contributed by atoms with van der Waals surface area (Å²) in [6, 6.07) is 10.6. The lowest BCUT2D eigenvalue weighted by molar-refractivity contribution is -0.117. The van der Waals surface area contributed by atoms with Gasteiger partial charge >= 0.3 is 0 Å². The second kappa shape index (κ2) is 7.85. The van der Waals surface area contributed by atoms with Crippen LogP contribution in [0.25, 0.3) is 0 Å². The van der Waals surface area contributed by atoms with E-state index in [-0.39, 0.29) is 23.4 Å². The van der Waals surface area contributed by atoms with Gasteiger partial charge in [0.15, 0.2) is 0 Å². The molecule has 1 saturated carbocycles. The number of nitrogens with zero attached hydrogens (tertiary/aromatic N) is 1. The zero-order valence-corrected chi connectivity index (χ0v) is 14.7. The zero-order chi connectivity index (χ0) is 17.8. The van der Waals surface area contributed by atoms with Crippen molar-refractivity contribution < 1.29 is 4.79 Å². The summed E-state index contributed by atoms with van der Waals surface area (Å²) in [6.07, 6.45) is 5.14. The predicted molar refractivity (Wildman–Crippen MR) is 99.8 cm³/mol. The highest BCUT2D eigenvalue weighted by Crippen LogP contribution is 2.27. The van der Waals surface area contributed by atoms with E-state index in [0.29, 0.717) is 23.7 Å². The van der Waals surface area contributed by atoms with Crippen molar-refractivity contribution in [2.24, 2.45) is 11.7 Å². The van der Waals surface area contributed by atoms with Crippen LogP contribution in [0.3, 0.4) is 0 Å². The lowest BCUT2D eigenvalue weighted by atomic mass is 10.00. The Bertz CT molecular complexity index is 818. The van der Waals surface area contributed by atoms with Crippen molar-refractivity contribution in [1.82, 2.24) is 4.57 Å². The van der Waals surface area contributed by atoms with E-state index >= 15 is 0 Å². The predicted octanol–water partition coefficient (Wildman–Crippen LogP) is 3.01. The van der Waals surface area contributed by atoms with Crippen molar-refractivity contribution in [3.05, 3.63) is 63.5 Å². The summed E-state index contributed by atoms with van der Waals surface area (Å²) in [5.41, 5.74) is 7.34. The highest BCUT2D eigenvalue weighted by molar-refractivity contribution is 6.31. The van der Waals surface area contributed by atoms with Crippen molar-refractivity contribution in [3.63, 3.8) is 0 Å². The number of carbonyl (C=O) groups excluding carboxylic acids is 1. The molecule has 132 valence electrons. The van der Waals surface area contributed by atoms with Gasteiger partial charge in [-0.05, 0) is 36.5 Å². The molecule has 1 fully saturated rings. The summed E-state index contributed by atoms with van der Waals surface area (Å²) >= 11 is 6.16. The molecule has 1 amide bonds. The van der Waals surface area contributed by atoms with Crippen LogP contribution < -0.4 is 16.6 Å². The first kappa shape index (κ1) is 17.7. The minimum atomic E-state index is -0.143. The average Bonchev–Trinajstić information content (AvgIpc) is 2.97. The number of nitrogens with two attached hydrogens (primary N) is 1. The second-order valence-corrected chi connectivity index (χ2v) is 6.99. The standard InChI is InChI=1S/C19H22ClN3O2/c20-16-6-2-1-4-14(16)11-23-12-15(8-9-19(23)25)22-18(24)10-13-5-3-7-17(13)21/h1-2,4,6,8-9,12-13,17H,3,5,7,10-11,21H2,(H,22,24)/t13-,17+/m0/s1. The molecule has 1 aromatic heterocycles. The number of pyridine rings is 1. The summed E-state index contributed by atoms with van der Waals surface area (Å²) < 4.78 is 1.54. The van der Waals surface area contributed by atoms with Crippen molar-refractivity contribution in [2.75, 3.05) is 5.32 Å². The van der Waals surface area contributed by atoms with Crippen molar-refractivity contribution in [3.8, 4) is 0 Å². The van der Waals surface area contributed by atoms with E-state index < -0.39 is 0 Å². The lowest BCUT2D eigenvalue weighted by Gasteiger charge is -2.15. The van der Waals surface area contributed by atoms with Crippen molar-refractivity contribution in [2.45, 2.75) is 38.3 Å². The normalized spacial score (nSPS) is 19.8. The molecule has 1 heterocycles. The van der Waals surface area contributed by atoms with E-state index in [1.54, 1.807) is 18.3 Å². The Kier molecular flexibility index (Phi) is 5.56. The first-order valence-corrected chi connectivity index (χ1v) is 8.90. The van der Waals surface area contributed by atoms with Gasteiger partial charge in [-0.25, -0.2) is 0 Å². The van der Waals surface area contributed by atoms with Crippen LogP contribution in [0.5, 0.6) is 0 Å². The van der Waals surface area contributed by atoms with Gasteiger partial charge < -0.3 is 15.6 Å². The van der Waals surface area contributed by atoms with E-state index in [0.717, 1.165) is 24.8 Å². The summed E-state index contributed by atoms with van der Waals surface area (Å²) in [6.45, 7) is 0.357. The molecule has 1 aromatic carbocycles. The third kappa shape index (κ3) is 4.50. The van der Waals surface area contributed by atoms with Crippen molar-refractivity contribution >= 4 is 23.2 Å². The van der Waals surface area contributed by atoms with Gasteiger partial charge in [0.2, 0.25) is 5.91 Å². The first-order chi connectivity index (χ1) is 12.0. The van der Waals surface area contributed by atoms with Crippen LogP contribution in [0.15, 0.2) is 47.4 Å². The number of nitrogens with one attached hydrogen (secondary N) is 1. The SMILES string of the molecule is N[C@@H]1CCC[C@H]1CC(=O)Nc1ccc(=O)n(Cc2ccccc2Cl)c1. The maximum absolute atomic E-state index is 12.2. The van der Waals surface area contributed by atoms with Gasteiger partial charge in [-0.15, -0.1) is 0 Å². The largest absolute Gasteiger partial charge is 0.327 e. The Balaban J connectivity index is 1.70. The fraction of sp³-hybridized carbons (Fsp3) is 0.368. The fourth-order valence-corrected chi connectivity index (χ4v) is 3.50. The molecular weight excluding hydrogens is 338 g/mol. The van der Waals surface area contributed by atoms with Crippen LogP contribution >= 0.6 is 11.6 Å². The van der Waals surface area contributed by atoms with E-state index in [1.165, 1.54) is 10.6 Å². The fourth-order valence-electron chi connectivity index (χ4n) is 3.31. The number of hydrogen-bond acceptors (Lipinski definition) is 3. The zero-order valence-electron chi connectivity index (χ0n) is 14.0. The van der Waals surface area contributed by atoms with Crippen LogP contribution in [-0.2, 0) is 11.3 Å². The molecule has 6 heteroatoms. The molecule has 5 nitrogen and oxygen atoms in total. The van der Waals surface area contributed by atoms with Crippen LogP contribution in [0.4, 0.5) is 5.69 Å². The number of anilines is 1. The maximum atomic E-state index is 12.2. The molecule has 2 aromatic rings. The van der Waals surface area contributed by atoms with Gasteiger partial charge in [0.05, 0.1) is 12.2 Å². The van der Waals surface area contributed by atoms with Crippen LogP contribution in [0.1, 0.15) is 31.2 Å². The Labute approximate surface area is 151 Å². The number of rotatable bonds is 5. The topological polar surface area (TPSA) is 77.1 Å². The number of benzene rings is 1. The van der Waals surface area contributed by atoms with Gasteiger partial charge in [-0.2, -0.15) is 0 Å². The summed E-state index contributed by atoms with van der Waals surface area (Å²) in [5.74, 6) is 0.180. The smallest absolute Gasteiger partial charge is 0.250 e. The average molecular weight is 360 g/mol. The third-order valence-electron chi connectivity index (χ3n) is 4.73. The quantitative estimate of drug-likeness (QED) is 0.861. The molecule has 3 N–H and O–H groups in total. The van der Waals surface area contributed by atoms with Gasteiger partial charge in [0, 0.05) is 29.7 Å². The lowest BCUT2D eigenvalue weighted by Crippen LogP contribution is -2.28. The number of halogens is 1. The van der Waals surface area contributed by atoms with E-state index in [4.69, 9.17) is 17.3 Å². The Morgan fingerprint density at radius 3 is 2.76 bits per heavy atom. The summed E-state index contributed by atoms with van der Waals surface area (Å²) in [4.78, 5) is 24.3. The maximum Gasteiger partial charge on any atom is 0.250 e. The molecular formula is C19H22ClN3O2. The van der Waals surface area contributed by atoms with Gasteiger partial charge in [0.25, 0.3) is 5.56 Å². The minimum absolute atomic E-state index is 0.0645. The molecule has 0 saturated heterocycles. The molecule has 1 aliphatic rings. The Hall–Kier alpha value is -2.11. The Morgan fingerprint density at radius 1 is 1.24 bits per heavy atom. The molecule has 0 spiro atoms. The summed E-state index contributed by atoms with van der Waals surface area (Å²) in [7, 11) is 0. The van der Waals surface area contributed by atoms with E-state index in [9.17, 15) is 9.59 Å². The number of hydrogen-bond donors (Lipinski definition) is 2. The first-order valence-electron chi connectivity index (χ1n) is 8.52. The molecule has 0 unspecified atom stereocenters. The third-order valence-corrected chi connectivity index (χ3v) is 5.10. The number of aromatic nitrogens is 1. The molecule has 0 aliphatic heterocycles. The molecule has 25 heavy (non-hydrogen) atoms. The van der Waals surface area contributed by atoms with Crippen LogP contribution in [0.2, 0.25) is 5.02 Å².